The van der Waals surface area contributed by atoms with Crippen LogP contribution in [0.1, 0.15) is 24.2 Å². The highest BCUT2D eigenvalue weighted by Crippen LogP contribution is 2.13. The predicted molar refractivity (Wildman–Crippen MR) is 82.4 cm³/mol. The van der Waals surface area contributed by atoms with Crippen LogP contribution in [-0.4, -0.2) is 43.8 Å². The molecule has 0 saturated heterocycles. The third-order valence-electron chi connectivity index (χ3n) is 2.97. The molecule has 20 heavy (non-hydrogen) atoms. The van der Waals surface area contributed by atoms with Crippen LogP contribution in [0.2, 0.25) is 0 Å². The molecule has 1 amide bonds. The van der Waals surface area contributed by atoms with Crippen molar-refractivity contribution in [1.82, 2.24) is 4.90 Å². The maximum atomic E-state index is 12.2. The van der Waals surface area contributed by atoms with E-state index in [-0.39, 0.29) is 16.8 Å². The van der Waals surface area contributed by atoms with Gasteiger partial charge in [0.25, 0.3) is 5.91 Å². The van der Waals surface area contributed by atoms with E-state index in [4.69, 9.17) is 5.14 Å². The number of nitrogens with zero attached hydrogens (tertiary/aromatic N) is 1. The van der Waals surface area contributed by atoms with Crippen molar-refractivity contribution in [2.45, 2.75) is 24.8 Å². The zero-order valence-electron chi connectivity index (χ0n) is 11.9. The monoisotopic (exact) mass is 316 g/mol. The number of thioether (sulfide) groups is 1. The average molecular weight is 316 g/mol. The molecule has 1 rings (SSSR count). The minimum atomic E-state index is -3.72. The number of rotatable bonds is 6. The first-order chi connectivity index (χ1) is 9.27. The Morgan fingerprint density at radius 3 is 2.35 bits per heavy atom. The predicted octanol–water partition coefficient (Wildman–Crippen LogP) is 1.55. The number of hydrogen-bond donors (Lipinski definition) is 1. The van der Waals surface area contributed by atoms with Gasteiger partial charge in [-0.05, 0) is 36.9 Å². The lowest BCUT2D eigenvalue weighted by atomic mass is 10.2. The maximum absolute atomic E-state index is 12.2. The molecule has 0 unspecified atom stereocenters. The van der Waals surface area contributed by atoms with E-state index in [2.05, 4.69) is 6.92 Å². The molecule has 0 spiro atoms. The van der Waals surface area contributed by atoms with Crippen molar-refractivity contribution in [3.63, 3.8) is 0 Å². The van der Waals surface area contributed by atoms with Gasteiger partial charge < -0.3 is 4.90 Å². The van der Waals surface area contributed by atoms with Crippen molar-refractivity contribution < 1.29 is 13.2 Å². The van der Waals surface area contributed by atoms with Crippen molar-refractivity contribution in [2.24, 2.45) is 5.14 Å². The fourth-order valence-electron chi connectivity index (χ4n) is 1.59. The molecule has 112 valence electrons. The third-order valence-corrected chi connectivity index (χ3v) is 5.03. The Balaban J connectivity index is 2.82. The van der Waals surface area contributed by atoms with Gasteiger partial charge in [0.2, 0.25) is 10.0 Å². The summed E-state index contributed by atoms with van der Waals surface area (Å²) in [7, 11) is -1.98. The number of hydrogen-bond acceptors (Lipinski definition) is 4. The van der Waals surface area contributed by atoms with Crippen molar-refractivity contribution in [1.29, 1.82) is 0 Å². The Kier molecular flexibility index (Phi) is 6.04. The van der Waals surface area contributed by atoms with Gasteiger partial charge in [-0.2, -0.15) is 11.8 Å². The van der Waals surface area contributed by atoms with Crippen LogP contribution in [-0.2, 0) is 10.0 Å². The molecule has 0 aliphatic rings. The van der Waals surface area contributed by atoms with Crippen LogP contribution in [0, 0.1) is 0 Å². The van der Waals surface area contributed by atoms with Crippen LogP contribution in [0.15, 0.2) is 29.2 Å². The van der Waals surface area contributed by atoms with Crippen LogP contribution in [0.25, 0.3) is 0 Å². The van der Waals surface area contributed by atoms with Gasteiger partial charge in [-0.3, -0.25) is 4.79 Å². The Hall–Kier alpha value is -1.05. The van der Waals surface area contributed by atoms with E-state index < -0.39 is 10.0 Å². The fourth-order valence-corrected chi connectivity index (χ4v) is 2.91. The molecule has 0 aromatic heterocycles. The molecule has 0 fully saturated rings. The van der Waals surface area contributed by atoms with Crippen molar-refractivity contribution in [3.05, 3.63) is 29.8 Å². The largest absolute Gasteiger partial charge is 0.338 e. The van der Waals surface area contributed by atoms with Crippen LogP contribution in [0.5, 0.6) is 0 Å². The number of sulfonamides is 1. The first-order valence-electron chi connectivity index (χ1n) is 6.25. The molecule has 0 saturated carbocycles. The SMILES string of the molecule is CCSC[C@H](C)N(C)C(=O)c1ccc(S(N)(=O)=O)cc1. The van der Waals surface area contributed by atoms with E-state index in [9.17, 15) is 13.2 Å². The van der Waals surface area contributed by atoms with Gasteiger partial charge in [0.1, 0.15) is 0 Å². The number of nitrogens with two attached hydrogens (primary N) is 1. The molecule has 7 heteroatoms. The Labute approximate surface area is 124 Å². The van der Waals surface area contributed by atoms with Gasteiger partial charge in [-0.25, -0.2) is 13.6 Å². The lowest BCUT2D eigenvalue weighted by molar-refractivity contribution is 0.0757. The molecule has 5 nitrogen and oxygen atoms in total. The van der Waals surface area contributed by atoms with Crippen LogP contribution >= 0.6 is 11.8 Å². The topological polar surface area (TPSA) is 80.5 Å². The summed E-state index contributed by atoms with van der Waals surface area (Å²) in [6, 6.07) is 5.78. The summed E-state index contributed by atoms with van der Waals surface area (Å²) in [5.41, 5.74) is 0.452. The Morgan fingerprint density at radius 1 is 1.35 bits per heavy atom. The minimum Gasteiger partial charge on any atom is -0.338 e. The van der Waals surface area contributed by atoms with Crippen LogP contribution in [0.3, 0.4) is 0 Å². The van der Waals surface area contributed by atoms with E-state index in [1.54, 1.807) is 23.7 Å². The summed E-state index contributed by atoms with van der Waals surface area (Å²) in [5, 5.41) is 5.02. The molecular weight excluding hydrogens is 296 g/mol. The van der Waals surface area contributed by atoms with Crippen molar-refractivity contribution in [3.8, 4) is 0 Å². The first kappa shape index (κ1) is 17.0. The second-order valence-electron chi connectivity index (χ2n) is 4.49. The lowest BCUT2D eigenvalue weighted by Gasteiger charge is -2.24. The molecule has 1 aromatic carbocycles. The van der Waals surface area contributed by atoms with E-state index >= 15 is 0 Å². The summed E-state index contributed by atoms with van der Waals surface area (Å²) in [5.74, 6) is 1.75. The first-order valence-corrected chi connectivity index (χ1v) is 8.95. The van der Waals surface area contributed by atoms with Gasteiger partial charge in [0, 0.05) is 24.4 Å². The summed E-state index contributed by atoms with van der Waals surface area (Å²) < 4.78 is 22.3. The van der Waals surface area contributed by atoms with Gasteiger partial charge in [0.05, 0.1) is 4.90 Å². The minimum absolute atomic E-state index is 0.00582. The van der Waals surface area contributed by atoms with Gasteiger partial charge in [-0.15, -0.1) is 0 Å². The quantitative estimate of drug-likeness (QED) is 0.863. The molecule has 0 aliphatic carbocycles. The van der Waals surface area contributed by atoms with E-state index in [0.717, 1.165) is 11.5 Å². The van der Waals surface area contributed by atoms with Gasteiger partial charge in [0.15, 0.2) is 0 Å². The van der Waals surface area contributed by atoms with E-state index in [1.165, 1.54) is 24.3 Å². The third kappa shape index (κ3) is 4.50. The molecule has 1 aromatic rings. The Bertz CT molecular complexity index is 555. The molecule has 0 aliphatic heterocycles. The molecule has 0 bridgehead atoms. The number of carbonyl (C=O) groups excluding carboxylic acids is 1. The number of amides is 1. The second kappa shape index (κ2) is 7.10. The molecule has 0 heterocycles. The summed E-state index contributed by atoms with van der Waals surface area (Å²) in [6.45, 7) is 4.06. The number of carbonyl (C=O) groups is 1. The smallest absolute Gasteiger partial charge is 0.253 e. The molecule has 0 radical (unpaired) electrons. The highest BCUT2D eigenvalue weighted by molar-refractivity contribution is 7.99. The molecule has 2 N–H and O–H groups in total. The summed E-state index contributed by atoms with van der Waals surface area (Å²) in [4.78, 5) is 13.9. The van der Waals surface area contributed by atoms with E-state index in [1.807, 2.05) is 6.92 Å². The highest BCUT2D eigenvalue weighted by Gasteiger charge is 2.18. The van der Waals surface area contributed by atoms with Crippen molar-refractivity contribution >= 4 is 27.7 Å². The normalized spacial score (nSPS) is 13.0. The maximum Gasteiger partial charge on any atom is 0.253 e. The Morgan fingerprint density at radius 2 is 1.90 bits per heavy atom. The lowest BCUT2D eigenvalue weighted by Crippen LogP contribution is -2.36. The molecular formula is C13H20N2O3S2. The zero-order chi connectivity index (χ0) is 15.3. The summed E-state index contributed by atoms with van der Waals surface area (Å²) >= 11 is 1.77. The van der Waals surface area contributed by atoms with Crippen LogP contribution < -0.4 is 5.14 Å². The highest BCUT2D eigenvalue weighted by atomic mass is 32.2. The molecule has 1 atom stereocenters. The van der Waals surface area contributed by atoms with Gasteiger partial charge in [-0.1, -0.05) is 6.92 Å². The fraction of sp³-hybridized carbons (Fsp3) is 0.462. The van der Waals surface area contributed by atoms with E-state index in [0.29, 0.717) is 5.56 Å². The standard InChI is InChI=1S/C13H20N2O3S2/c1-4-19-9-10(2)15(3)13(16)11-5-7-12(8-6-11)20(14,17)18/h5-8,10H,4,9H2,1-3H3,(H2,14,17,18)/t10-/m0/s1. The average Bonchev–Trinajstić information content (AvgIpc) is 2.42. The van der Waals surface area contributed by atoms with Crippen LogP contribution in [0.4, 0.5) is 0 Å². The zero-order valence-corrected chi connectivity index (χ0v) is 13.5. The van der Waals surface area contributed by atoms with Crippen molar-refractivity contribution in [2.75, 3.05) is 18.6 Å². The number of benzene rings is 1. The number of primary sulfonamides is 1. The van der Waals surface area contributed by atoms with Gasteiger partial charge >= 0.3 is 0 Å². The summed E-state index contributed by atoms with van der Waals surface area (Å²) in [6.07, 6.45) is 0. The second-order valence-corrected chi connectivity index (χ2v) is 7.37.